The Balaban J connectivity index is 1.45. The smallest absolute Gasteiger partial charge is 0.273 e. The van der Waals surface area contributed by atoms with Crippen LogP contribution in [0.2, 0.25) is 0 Å². The highest BCUT2D eigenvalue weighted by Gasteiger charge is 2.42. The van der Waals surface area contributed by atoms with E-state index >= 15 is 0 Å². The summed E-state index contributed by atoms with van der Waals surface area (Å²) >= 11 is 0. The molecule has 0 saturated carbocycles. The number of aromatic hydroxyl groups is 1. The molecule has 4 aromatic rings. The molecule has 0 bridgehead atoms. The number of benzene rings is 3. The van der Waals surface area contributed by atoms with Crippen molar-refractivity contribution in [2.75, 3.05) is 13.2 Å². The van der Waals surface area contributed by atoms with E-state index in [1.165, 1.54) is 0 Å². The lowest BCUT2D eigenvalue weighted by atomic mass is 9.95. The topological polar surface area (TPSA) is 87.7 Å². The SMILES string of the molecule is CC(C)OCCCN1C(=O)c2[nH]nc(-c3ccccc3O)c2[C@H]1c1ccc(OCc2ccccc2)cc1. The van der Waals surface area contributed by atoms with Crippen LogP contribution >= 0.6 is 0 Å². The molecule has 37 heavy (non-hydrogen) atoms. The number of nitrogens with zero attached hydrogens (tertiary/aromatic N) is 2. The number of hydrogen-bond acceptors (Lipinski definition) is 5. The second kappa shape index (κ2) is 10.9. The second-order valence-electron chi connectivity index (χ2n) is 9.40. The zero-order valence-corrected chi connectivity index (χ0v) is 21.1. The van der Waals surface area contributed by atoms with Crippen LogP contribution in [0.3, 0.4) is 0 Å². The van der Waals surface area contributed by atoms with E-state index in [0.717, 1.165) is 22.4 Å². The third-order valence-electron chi connectivity index (χ3n) is 6.46. The maximum absolute atomic E-state index is 13.5. The molecule has 1 atom stereocenters. The van der Waals surface area contributed by atoms with E-state index in [4.69, 9.17) is 9.47 Å². The number of phenols is 1. The number of aromatic amines is 1. The summed E-state index contributed by atoms with van der Waals surface area (Å²) in [7, 11) is 0. The highest BCUT2D eigenvalue weighted by Crippen LogP contribution is 2.44. The van der Waals surface area contributed by atoms with E-state index < -0.39 is 0 Å². The quantitative estimate of drug-likeness (QED) is 0.274. The first kappa shape index (κ1) is 24.6. The Kier molecular flexibility index (Phi) is 7.23. The van der Waals surface area contributed by atoms with E-state index in [9.17, 15) is 9.90 Å². The van der Waals surface area contributed by atoms with Gasteiger partial charge in [0.15, 0.2) is 0 Å². The van der Waals surface area contributed by atoms with Crippen LogP contribution in [-0.4, -0.2) is 45.4 Å². The van der Waals surface area contributed by atoms with Crippen LogP contribution in [0.1, 0.15) is 53.5 Å². The number of rotatable bonds is 10. The van der Waals surface area contributed by atoms with Crippen molar-refractivity contribution >= 4 is 5.91 Å². The largest absolute Gasteiger partial charge is 0.507 e. The number of aromatic nitrogens is 2. The lowest BCUT2D eigenvalue weighted by Crippen LogP contribution is -2.31. The number of H-pyrrole nitrogens is 1. The van der Waals surface area contributed by atoms with Crippen molar-refractivity contribution in [3.05, 3.63) is 101 Å². The van der Waals surface area contributed by atoms with Gasteiger partial charge in [-0.1, -0.05) is 54.6 Å². The van der Waals surface area contributed by atoms with Crippen molar-refractivity contribution < 1.29 is 19.4 Å². The number of hydrogen-bond donors (Lipinski definition) is 2. The number of nitrogens with one attached hydrogen (secondary N) is 1. The van der Waals surface area contributed by atoms with Gasteiger partial charge in [0, 0.05) is 24.3 Å². The third kappa shape index (κ3) is 5.22. The third-order valence-corrected chi connectivity index (χ3v) is 6.46. The monoisotopic (exact) mass is 497 g/mol. The molecule has 1 aromatic heterocycles. The lowest BCUT2D eigenvalue weighted by Gasteiger charge is -2.27. The highest BCUT2D eigenvalue weighted by atomic mass is 16.5. The Morgan fingerprint density at radius 1 is 1.00 bits per heavy atom. The van der Waals surface area contributed by atoms with Gasteiger partial charge in [0.2, 0.25) is 0 Å². The van der Waals surface area contributed by atoms with Gasteiger partial charge in [0.25, 0.3) is 5.91 Å². The Morgan fingerprint density at radius 3 is 2.46 bits per heavy atom. The molecule has 0 fully saturated rings. The van der Waals surface area contributed by atoms with Crippen molar-refractivity contribution in [3.63, 3.8) is 0 Å². The molecule has 5 rings (SSSR count). The van der Waals surface area contributed by atoms with Crippen LogP contribution < -0.4 is 4.74 Å². The summed E-state index contributed by atoms with van der Waals surface area (Å²) in [6.07, 6.45) is 0.848. The fraction of sp³-hybridized carbons (Fsp3) is 0.267. The predicted molar refractivity (Wildman–Crippen MR) is 141 cm³/mol. The molecule has 2 heterocycles. The van der Waals surface area contributed by atoms with Crippen molar-refractivity contribution in [2.45, 2.75) is 39.0 Å². The van der Waals surface area contributed by atoms with Gasteiger partial charge in [-0.05, 0) is 55.7 Å². The Labute approximate surface area is 216 Å². The van der Waals surface area contributed by atoms with E-state index in [1.54, 1.807) is 12.1 Å². The van der Waals surface area contributed by atoms with Gasteiger partial charge in [-0.3, -0.25) is 9.89 Å². The fourth-order valence-electron chi connectivity index (χ4n) is 4.69. The van der Waals surface area contributed by atoms with E-state index in [0.29, 0.717) is 43.1 Å². The summed E-state index contributed by atoms with van der Waals surface area (Å²) in [4.78, 5) is 15.3. The molecular weight excluding hydrogens is 466 g/mol. The van der Waals surface area contributed by atoms with Crippen LogP contribution in [0.4, 0.5) is 0 Å². The molecule has 7 nitrogen and oxygen atoms in total. The number of fused-ring (bicyclic) bond motifs is 1. The summed E-state index contributed by atoms with van der Waals surface area (Å²) in [5.41, 5.74) is 4.44. The summed E-state index contributed by atoms with van der Waals surface area (Å²) in [6, 6.07) is 24.6. The number of carbonyl (C=O) groups excluding carboxylic acids is 1. The molecule has 0 aliphatic carbocycles. The molecule has 1 aliphatic heterocycles. The first-order valence-corrected chi connectivity index (χ1v) is 12.6. The normalized spacial score (nSPS) is 14.8. The van der Waals surface area contributed by atoms with Crippen molar-refractivity contribution in [1.82, 2.24) is 15.1 Å². The maximum atomic E-state index is 13.5. The number of amides is 1. The summed E-state index contributed by atoms with van der Waals surface area (Å²) in [5.74, 6) is 0.765. The van der Waals surface area contributed by atoms with Gasteiger partial charge < -0.3 is 19.5 Å². The highest BCUT2D eigenvalue weighted by molar-refractivity contribution is 6.00. The zero-order valence-electron chi connectivity index (χ0n) is 21.1. The second-order valence-corrected chi connectivity index (χ2v) is 9.40. The van der Waals surface area contributed by atoms with Crippen LogP contribution in [0.25, 0.3) is 11.3 Å². The minimum atomic E-state index is -0.349. The van der Waals surface area contributed by atoms with Crippen LogP contribution in [0.5, 0.6) is 11.5 Å². The fourth-order valence-corrected chi connectivity index (χ4v) is 4.69. The molecule has 0 spiro atoms. The number of ether oxygens (including phenoxy) is 2. The number of phenolic OH excluding ortho intramolecular Hbond substituents is 1. The average Bonchev–Trinajstić information content (AvgIpc) is 3.45. The van der Waals surface area contributed by atoms with Crippen molar-refractivity contribution in [2.24, 2.45) is 0 Å². The Hall–Kier alpha value is -4.10. The standard InChI is InChI=1S/C30H31N3O4/c1-20(2)36-18-8-17-33-29(22-13-15-23(16-14-22)37-19-21-9-4-3-5-10-21)26-27(31-32-28(26)30(33)35)24-11-6-7-12-25(24)34/h3-7,9-16,20,29,34H,8,17-19H2,1-2H3,(H,31,32)/t29-/m1/s1. The molecule has 1 aliphatic rings. The molecule has 190 valence electrons. The Morgan fingerprint density at radius 2 is 1.73 bits per heavy atom. The van der Waals surface area contributed by atoms with Crippen LogP contribution in [0.15, 0.2) is 78.9 Å². The Bertz CT molecular complexity index is 1350. The van der Waals surface area contributed by atoms with Gasteiger partial charge in [0.05, 0.1) is 12.1 Å². The van der Waals surface area contributed by atoms with Crippen molar-refractivity contribution in [3.8, 4) is 22.8 Å². The predicted octanol–water partition coefficient (Wildman–Crippen LogP) is 5.72. The molecule has 0 saturated heterocycles. The molecule has 3 aromatic carbocycles. The van der Waals surface area contributed by atoms with Gasteiger partial charge in [-0.15, -0.1) is 0 Å². The van der Waals surface area contributed by atoms with E-state index in [1.807, 2.05) is 85.5 Å². The summed E-state index contributed by atoms with van der Waals surface area (Å²) < 4.78 is 11.7. The van der Waals surface area contributed by atoms with E-state index in [-0.39, 0.29) is 23.8 Å². The minimum Gasteiger partial charge on any atom is -0.507 e. The van der Waals surface area contributed by atoms with Gasteiger partial charge in [0.1, 0.15) is 29.5 Å². The van der Waals surface area contributed by atoms with E-state index in [2.05, 4.69) is 10.2 Å². The molecule has 7 heteroatoms. The number of para-hydroxylation sites is 1. The van der Waals surface area contributed by atoms with Crippen molar-refractivity contribution in [1.29, 1.82) is 0 Å². The molecule has 0 unspecified atom stereocenters. The summed E-state index contributed by atoms with van der Waals surface area (Å²) in [5, 5.41) is 17.9. The maximum Gasteiger partial charge on any atom is 0.273 e. The van der Waals surface area contributed by atoms with Crippen LogP contribution in [-0.2, 0) is 11.3 Å². The molecule has 0 radical (unpaired) electrons. The molecule has 1 amide bonds. The minimum absolute atomic E-state index is 0.108. The van der Waals surface area contributed by atoms with Gasteiger partial charge in [-0.2, -0.15) is 5.10 Å². The molecule has 2 N–H and O–H groups in total. The average molecular weight is 498 g/mol. The van der Waals surface area contributed by atoms with Gasteiger partial charge >= 0.3 is 0 Å². The molecular formula is C30H31N3O4. The first-order chi connectivity index (χ1) is 18.0. The number of carbonyl (C=O) groups is 1. The summed E-state index contributed by atoms with van der Waals surface area (Å²) in [6.45, 7) is 5.58. The zero-order chi connectivity index (χ0) is 25.8. The van der Waals surface area contributed by atoms with Crippen LogP contribution in [0, 0.1) is 0 Å². The van der Waals surface area contributed by atoms with Gasteiger partial charge in [-0.25, -0.2) is 0 Å². The lowest BCUT2D eigenvalue weighted by molar-refractivity contribution is 0.0601. The first-order valence-electron chi connectivity index (χ1n) is 12.6.